The molecule has 1 aromatic carbocycles. The van der Waals surface area contributed by atoms with Crippen molar-refractivity contribution in [3.63, 3.8) is 0 Å². The van der Waals surface area contributed by atoms with Crippen molar-refractivity contribution in [2.45, 2.75) is 26.0 Å². The van der Waals surface area contributed by atoms with Gasteiger partial charge in [-0.3, -0.25) is 4.79 Å². The van der Waals surface area contributed by atoms with E-state index < -0.39 is 6.10 Å². The molecule has 1 heterocycles. The highest BCUT2D eigenvalue weighted by Crippen LogP contribution is 2.19. The second-order valence-electron chi connectivity index (χ2n) is 4.62. The molecule has 0 aliphatic heterocycles. The molecule has 0 spiro atoms. The van der Waals surface area contributed by atoms with Gasteiger partial charge in [0.15, 0.2) is 0 Å². The fourth-order valence-electron chi connectivity index (χ4n) is 1.91. The van der Waals surface area contributed by atoms with Crippen molar-refractivity contribution >= 4 is 0 Å². The van der Waals surface area contributed by atoms with Gasteiger partial charge in [-0.1, -0.05) is 25.1 Å². The van der Waals surface area contributed by atoms with Crippen molar-refractivity contribution in [3.05, 3.63) is 64.6 Å². The van der Waals surface area contributed by atoms with E-state index in [-0.39, 0.29) is 12.1 Å². The molecule has 20 heavy (non-hydrogen) atoms. The zero-order valence-corrected chi connectivity index (χ0v) is 11.5. The monoisotopic (exact) mass is 273 g/mol. The number of rotatable bonds is 6. The van der Waals surface area contributed by atoms with Gasteiger partial charge in [-0.25, -0.2) is 0 Å². The Morgan fingerprint density at radius 1 is 1.20 bits per heavy atom. The van der Waals surface area contributed by atoms with Crippen molar-refractivity contribution < 1.29 is 9.84 Å². The fraction of sp³-hybridized carbons (Fsp3) is 0.312. The number of ether oxygens (including phenoxy) is 1. The van der Waals surface area contributed by atoms with E-state index in [0.717, 1.165) is 17.7 Å². The van der Waals surface area contributed by atoms with Crippen molar-refractivity contribution in [1.29, 1.82) is 0 Å². The van der Waals surface area contributed by atoms with Gasteiger partial charge < -0.3 is 14.4 Å². The van der Waals surface area contributed by atoms with Gasteiger partial charge >= 0.3 is 0 Å². The van der Waals surface area contributed by atoms with Crippen molar-refractivity contribution in [2.75, 3.05) is 6.61 Å². The second-order valence-corrected chi connectivity index (χ2v) is 4.62. The summed E-state index contributed by atoms with van der Waals surface area (Å²) in [6.45, 7) is 2.98. The molecule has 106 valence electrons. The SMILES string of the molecule is CCCOc1ccc(C(O)Cn2ccccc2=O)cc1. The van der Waals surface area contributed by atoms with Gasteiger partial charge in [0.1, 0.15) is 5.75 Å². The lowest BCUT2D eigenvalue weighted by atomic mass is 10.1. The van der Waals surface area contributed by atoms with Gasteiger partial charge in [0, 0.05) is 12.3 Å². The molecule has 1 N–H and O–H groups in total. The average molecular weight is 273 g/mol. The van der Waals surface area contributed by atoms with Crippen LogP contribution >= 0.6 is 0 Å². The summed E-state index contributed by atoms with van der Waals surface area (Å²) in [7, 11) is 0. The summed E-state index contributed by atoms with van der Waals surface area (Å²) >= 11 is 0. The molecule has 0 saturated heterocycles. The zero-order chi connectivity index (χ0) is 14.4. The molecule has 2 rings (SSSR count). The van der Waals surface area contributed by atoms with Gasteiger partial charge in [-0.2, -0.15) is 0 Å². The Bertz CT molecular complexity index is 589. The zero-order valence-electron chi connectivity index (χ0n) is 11.5. The first-order valence-corrected chi connectivity index (χ1v) is 6.77. The molecule has 4 heteroatoms. The van der Waals surface area contributed by atoms with Crippen LogP contribution in [0.4, 0.5) is 0 Å². The maximum Gasteiger partial charge on any atom is 0.250 e. The Balaban J connectivity index is 2.04. The number of aliphatic hydroxyl groups excluding tert-OH is 1. The topological polar surface area (TPSA) is 51.5 Å². The minimum atomic E-state index is -0.713. The number of nitrogens with zero attached hydrogens (tertiary/aromatic N) is 1. The summed E-state index contributed by atoms with van der Waals surface area (Å²) in [5.74, 6) is 0.791. The number of aliphatic hydroxyl groups is 1. The molecule has 0 radical (unpaired) electrons. The summed E-state index contributed by atoms with van der Waals surface area (Å²) in [5.41, 5.74) is 0.652. The van der Waals surface area contributed by atoms with E-state index in [9.17, 15) is 9.90 Å². The number of benzene rings is 1. The molecule has 0 fully saturated rings. The highest BCUT2D eigenvalue weighted by Gasteiger charge is 2.09. The standard InChI is InChI=1S/C16H19NO3/c1-2-11-20-14-8-6-13(7-9-14)15(18)12-17-10-4-3-5-16(17)19/h3-10,15,18H,2,11-12H2,1H3. The average Bonchev–Trinajstić information content (AvgIpc) is 2.48. The third kappa shape index (κ3) is 3.71. The highest BCUT2D eigenvalue weighted by molar-refractivity contribution is 5.28. The normalized spacial score (nSPS) is 12.1. The Labute approximate surface area is 118 Å². The second kappa shape index (κ2) is 6.91. The summed E-state index contributed by atoms with van der Waals surface area (Å²) in [4.78, 5) is 11.6. The molecule has 1 atom stereocenters. The molecule has 1 unspecified atom stereocenters. The van der Waals surface area contributed by atoms with Crippen LogP contribution in [0.15, 0.2) is 53.5 Å². The molecular formula is C16H19NO3. The molecule has 4 nitrogen and oxygen atoms in total. The van der Waals surface area contributed by atoms with Crippen LogP contribution in [-0.4, -0.2) is 16.3 Å². The Morgan fingerprint density at radius 3 is 2.60 bits per heavy atom. The largest absolute Gasteiger partial charge is 0.494 e. The first-order chi connectivity index (χ1) is 9.70. The van der Waals surface area contributed by atoms with Crippen LogP contribution < -0.4 is 10.3 Å². The van der Waals surface area contributed by atoms with Crippen LogP contribution in [0.25, 0.3) is 0 Å². The molecule has 0 amide bonds. The summed E-state index contributed by atoms with van der Waals surface area (Å²) in [5, 5.41) is 10.2. The van der Waals surface area contributed by atoms with Crippen LogP contribution in [0.5, 0.6) is 5.75 Å². The van der Waals surface area contributed by atoms with E-state index in [0.29, 0.717) is 6.61 Å². The van der Waals surface area contributed by atoms with E-state index in [1.54, 1.807) is 18.3 Å². The van der Waals surface area contributed by atoms with Crippen LogP contribution in [0.1, 0.15) is 25.0 Å². The molecule has 0 aliphatic carbocycles. The van der Waals surface area contributed by atoms with Crippen LogP contribution in [0.2, 0.25) is 0 Å². The number of pyridine rings is 1. The lowest BCUT2D eigenvalue weighted by Gasteiger charge is -2.13. The summed E-state index contributed by atoms with van der Waals surface area (Å²) < 4.78 is 6.98. The lowest BCUT2D eigenvalue weighted by molar-refractivity contribution is 0.155. The maximum absolute atomic E-state index is 11.6. The first kappa shape index (κ1) is 14.3. The minimum Gasteiger partial charge on any atom is -0.494 e. The molecule has 0 bridgehead atoms. The maximum atomic E-state index is 11.6. The van der Waals surface area contributed by atoms with Crippen molar-refractivity contribution in [2.24, 2.45) is 0 Å². The van der Waals surface area contributed by atoms with Gasteiger partial charge in [0.05, 0.1) is 19.3 Å². The van der Waals surface area contributed by atoms with Crippen LogP contribution in [0, 0.1) is 0 Å². The Morgan fingerprint density at radius 2 is 1.95 bits per heavy atom. The van der Waals surface area contributed by atoms with Crippen molar-refractivity contribution in [3.8, 4) is 5.75 Å². The Hall–Kier alpha value is -2.07. The molecule has 0 saturated carbocycles. The minimum absolute atomic E-state index is 0.116. The number of aromatic nitrogens is 1. The fourth-order valence-corrected chi connectivity index (χ4v) is 1.91. The molecule has 2 aromatic rings. The van der Waals surface area contributed by atoms with Gasteiger partial charge in [0.25, 0.3) is 5.56 Å². The van der Waals surface area contributed by atoms with Gasteiger partial charge in [0.2, 0.25) is 0 Å². The molecular weight excluding hydrogens is 254 g/mol. The highest BCUT2D eigenvalue weighted by atomic mass is 16.5. The van der Waals surface area contributed by atoms with Gasteiger partial charge in [-0.15, -0.1) is 0 Å². The summed E-state index contributed by atoms with van der Waals surface area (Å²) in [6.07, 6.45) is 1.92. The van der Waals surface area contributed by atoms with Gasteiger partial charge in [-0.05, 0) is 30.2 Å². The summed E-state index contributed by atoms with van der Waals surface area (Å²) in [6, 6.07) is 12.3. The predicted octanol–water partition coefficient (Wildman–Crippen LogP) is 2.37. The quantitative estimate of drug-likeness (QED) is 0.879. The van der Waals surface area contributed by atoms with E-state index in [1.807, 2.05) is 24.3 Å². The van der Waals surface area contributed by atoms with E-state index >= 15 is 0 Å². The number of hydrogen-bond donors (Lipinski definition) is 1. The first-order valence-electron chi connectivity index (χ1n) is 6.77. The lowest BCUT2D eigenvalue weighted by Crippen LogP contribution is -2.21. The van der Waals surface area contributed by atoms with E-state index in [4.69, 9.17) is 4.74 Å². The Kier molecular flexibility index (Phi) is 4.96. The van der Waals surface area contributed by atoms with Crippen LogP contribution in [0.3, 0.4) is 0 Å². The molecule has 1 aromatic heterocycles. The third-order valence-electron chi connectivity index (χ3n) is 3.01. The third-order valence-corrected chi connectivity index (χ3v) is 3.01. The predicted molar refractivity (Wildman–Crippen MR) is 77.9 cm³/mol. The molecule has 0 aliphatic rings. The number of hydrogen-bond acceptors (Lipinski definition) is 3. The van der Waals surface area contributed by atoms with Crippen LogP contribution in [-0.2, 0) is 6.54 Å². The van der Waals surface area contributed by atoms with Crippen molar-refractivity contribution in [1.82, 2.24) is 4.57 Å². The van der Waals surface area contributed by atoms with E-state index in [1.165, 1.54) is 10.6 Å². The smallest absolute Gasteiger partial charge is 0.250 e. The van der Waals surface area contributed by atoms with E-state index in [2.05, 4.69) is 6.92 Å².